The number of fused-ring (bicyclic) bond motifs is 1. The first-order valence-corrected chi connectivity index (χ1v) is 10.1. The molecule has 0 aromatic heterocycles. The third-order valence-electron chi connectivity index (χ3n) is 5.85. The summed E-state index contributed by atoms with van der Waals surface area (Å²) in [5.74, 6) is 0.943. The Kier molecular flexibility index (Phi) is 5.20. The van der Waals surface area contributed by atoms with Gasteiger partial charge in [-0.3, -0.25) is 4.79 Å². The van der Waals surface area contributed by atoms with Crippen LogP contribution < -0.4 is 14.5 Å². The van der Waals surface area contributed by atoms with Crippen LogP contribution in [0.2, 0.25) is 0 Å². The SMILES string of the molecule is CC[NH+]1CC[NH+](Cc2c(O)ccc3c2O/C(=C/c2cccc(C)c2)C3=O)CC1. The van der Waals surface area contributed by atoms with Crippen molar-refractivity contribution in [2.45, 2.75) is 20.4 Å². The van der Waals surface area contributed by atoms with E-state index in [4.69, 9.17) is 4.74 Å². The molecule has 3 N–H and O–H groups in total. The molecule has 1 fully saturated rings. The largest absolute Gasteiger partial charge is 0.507 e. The van der Waals surface area contributed by atoms with E-state index in [9.17, 15) is 9.90 Å². The third kappa shape index (κ3) is 3.68. The Hall–Kier alpha value is -2.63. The predicted octanol–water partition coefficient (Wildman–Crippen LogP) is 0.620. The van der Waals surface area contributed by atoms with E-state index in [1.807, 2.05) is 31.2 Å². The summed E-state index contributed by atoms with van der Waals surface area (Å²) >= 11 is 0. The molecule has 2 heterocycles. The van der Waals surface area contributed by atoms with E-state index in [0.29, 0.717) is 23.6 Å². The molecule has 5 heteroatoms. The fourth-order valence-electron chi connectivity index (χ4n) is 4.12. The molecule has 0 amide bonds. The zero-order chi connectivity index (χ0) is 19.7. The number of piperazine rings is 1. The molecule has 0 radical (unpaired) electrons. The lowest BCUT2D eigenvalue weighted by Crippen LogP contribution is -3.27. The number of ether oxygens (including phenoxy) is 1. The smallest absolute Gasteiger partial charge is 0.231 e. The van der Waals surface area contributed by atoms with Crippen LogP contribution in [-0.2, 0) is 6.54 Å². The van der Waals surface area contributed by atoms with Crippen LogP contribution in [-0.4, -0.2) is 43.6 Å². The van der Waals surface area contributed by atoms with Gasteiger partial charge in [0, 0.05) is 0 Å². The van der Waals surface area contributed by atoms with Crippen molar-refractivity contribution >= 4 is 11.9 Å². The second-order valence-electron chi connectivity index (χ2n) is 7.82. The summed E-state index contributed by atoms with van der Waals surface area (Å²) in [5, 5.41) is 10.5. The Morgan fingerprint density at radius 3 is 2.57 bits per heavy atom. The number of carbonyl (C=O) groups excluding carboxylic acids is 1. The summed E-state index contributed by atoms with van der Waals surface area (Å²) < 4.78 is 5.99. The molecule has 0 unspecified atom stereocenters. The van der Waals surface area contributed by atoms with Crippen molar-refractivity contribution in [2.24, 2.45) is 0 Å². The highest BCUT2D eigenvalue weighted by molar-refractivity contribution is 6.14. The Morgan fingerprint density at radius 1 is 1.11 bits per heavy atom. The molecule has 4 rings (SSSR count). The fourth-order valence-corrected chi connectivity index (χ4v) is 4.12. The number of benzene rings is 2. The number of aromatic hydroxyl groups is 1. The molecular weight excluding hydrogens is 352 g/mol. The molecule has 0 bridgehead atoms. The highest BCUT2D eigenvalue weighted by atomic mass is 16.5. The summed E-state index contributed by atoms with van der Waals surface area (Å²) in [6, 6.07) is 11.3. The number of aryl methyl sites for hydroxylation is 1. The number of rotatable bonds is 4. The quantitative estimate of drug-likeness (QED) is 0.682. The Morgan fingerprint density at radius 2 is 1.86 bits per heavy atom. The standard InChI is InChI=1S/C23H26N2O3/c1-3-24-9-11-25(12-10-24)15-19-20(26)8-7-18-22(27)21(28-23(18)19)14-17-6-4-5-16(2)13-17/h4-8,13-14,26H,3,9-12,15H2,1-2H3/p+2/b21-14+. The van der Waals surface area contributed by atoms with Crippen LogP contribution in [0.25, 0.3) is 6.08 Å². The molecule has 28 heavy (non-hydrogen) atoms. The summed E-state index contributed by atoms with van der Waals surface area (Å²) in [5.41, 5.74) is 3.36. The number of quaternary nitrogens is 2. The molecule has 0 atom stereocenters. The monoisotopic (exact) mass is 380 g/mol. The van der Waals surface area contributed by atoms with Crippen molar-refractivity contribution in [1.82, 2.24) is 0 Å². The number of hydrogen-bond donors (Lipinski definition) is 3. The lowest BCUT2D eigenvalue weighted by Gasteiger charge is -2.29. The first-order valence-electron chi connectivity index (χ1n) is 10.1. The number of ketones is 1. The minimum atomic E-state index is -0.118. The molecule has 0 saturated carbocycles. The minimum absolute atomic E-state index is 0.118. The third-order valence-corrected chi connectivity index (χ3v) is 5.85. The van der Waals surface area contributed by atoms with Crippen LogP contribution in [0.3, 0.4) is 0 Å². The summed E-state index contributed by atoms with van der Waals surface area (Å²) in [6.45, 7) is 10.5. The second-order valence-corrected chi connectivity index (χ2v) is 7.82. The number of carbonyl (C=O) groups is 1. The number of likely N-dealkylation sites (N-methyl/N-ethyl adjacent to an activating group) is 1. The number of Topliss-reactive ketones (excluding diaryl/α,β-unsaturated/α-hetero) is 1. The number of hydrogen-bond acceptors (Lipinski definition) is 3. The van der Waals surface area contributed by atoms with Crippen LogP contribution in [0.15, 0.2) is 42.2 Å². The maximum absolute atomic E-state index is 12.8. The minimum Gasteiger partial charge on any atom is -0.507 e. The highest BCUT2D eigenvalue weighted by Crippen LogP contribution is 2.39. The molecule has 2 aromatic carbocycles. The lowest BCUT2D eigenvalue weighted by atomic mass is 10.0. The van der Waals surface area contributed by atoms with E-state index in [2.05, 4.69) is 6.92 Å². The molecular formula is C23H28N2O3+2. The average Bonchev–Trinajstić information content (AvgIpc) is 3.00. The van der Waals surface area contributed by atoms with Crippen molar-refractivity contribution in [3.05, 3.63) is 64.4 Å². The molecule has 0 aliphatic carbocycles. The summed E-state index contributed by atoms with van der Waals surface area (Å²) in [4.78, 5) is 15.9. The molecule has 2 aliphatic rings. The molecule has 2 aromatic rings. The number of allylic oxidation sites excluding steroid dienone is 1. The van der Waals surface area contributed by atoms with Gasteiger partial charge >= 0.3 is 0 Å². The van der Waals surface area contributed by atoms with E-state index in [1.165, 1.54) is 4.90 Å². The second kappa shape index (κ2) is 7.78. The van der Waals surface area contributed by atoms with E-state index in [-0.39, 0.29) is 11.5 Å². The number of phenols is 1. The van der Waals surface area contributed by atoms with Crippen LogP contribution in [0.5, 0.6) is 11.5 Å². The van der Waals surface area contributed by atoms with Crippen molar-refractivity contribution in [3.8, 4) is 11.5 Å². The van der Waals surface area contributed by atoms with E-state index in [0.717, 1.165) is 49.4 Å². The van der Waals surface area contributed by atoms with Crippen LogP contribution in [0, 0.1) is 6.92 Å². The Balaban J connectivity index is 1.59. The molecule has 146 valence electrons. The van der Waals surface area contributed by atoms with Gasteiger partial charge in [0.1, 0.15) is 38.5 Å². The average molecular weight is 380 g/mol. The van der Waals surface area contributed by atoms with Gasteiger partial charge in [0.2, 0.25) is 5.78 Å². The van der Waals surface area contributed by atoms with Gasteiger partial charge in [-0.25, -0.2) is 0 Å². The summed E-state index contributed by atoms with van der Waals surface area (Å²) in [6.07, 6.45) is 1.78. The van der Waals surface area contributed by atoms with E-state index in [1.54, 1.807) is 23.1 Å². The first-order chi connectivity index (χ1) is 13.5. The van der Waals surface area contributed by atoms with Gasteiger partial charge in [-0.1, -0.05) is 29.8 Å². The van der Waals surface area contributed by atoms with Crippen molar-refractivity contribution in [1.29, 1.82) is 0 Å². The normalized spacial score (nSPS) is 22.9. The van der Waals surface area contributed by atoms with Crippen molar-refractivity contribution in [3.63, 3.8) is 0 Å². The van der Waals surface area contributed by atoms with Crippen molar-refractivity contribution in [2.75, 3.05) is 32.7 Å². The Bertz CT molecular complexity index is 927. The van der Waals surface area contributed by atoms with Gasteiger partial charge in [0.25, 0.3) is 0 Å². The highest BCUT2D eigenvalue weighted by Gasteiger charge is 2.33. The zero-order valence-corrected chi connectivity index (χ0v) is 16.5. The van der Waals surface area contributed by atoms with E-state index >= 15 is 0 Å². The van der Waals surface area contributed by atoms with Gasteiger partial charge in [-0.15, -0.1) is 0 Å². The fraction of sp³-hybridized carbons (Fsp3) is 0.348. The molecule has 0 spiro atoms. The van der Waals surface area contributed by atoms with Gasteiger partial charge in [0.05, 0.1) is 17.7 Å². The van der Waals surface area contributed by atoms with Gasteiger partial charge in [-0.2, -0.15) is 0 Å². The predicted molar refractivity (Wildman–Crippen MR) is 108 cm³/mol. The molecule has 2 aliphatic heterocycles. The number of nitrogens with one attached hydrogen (secondary N) is 2. The topological polar surface area (TPSA) is 55.4 Å². The van der Waals surface area contributed by atoms with E-state index < -0.39 is 0 Å². The Labute approximate surface area is 165 Å². The summed E-state index contributed by atoms with van der Waals surface area (Å²) in [7, 11) is 0. The maximum atomic E-state index is 12.8. The van der Waals surface area contributed by atoms with Gasteiger partial charge < -0.3 is 19.6 Å². The first kappa shape index (κ1) is 18.7. The van der Waals surface area contributed by atoms with Crippen LogP contribution in [0.1, 0.15) is 34.0 Å². The van der Waals surface area contributed by atoms with Gasteiger partial charge in [-0.05, 0) is 37.6 Å². The molecule has 1 saturated heterocycles. The molecule has 5 nitrogen and oxygen atoms in total. The van der Waals surface area contributed by atoms with Gasteiger partial charge in [0.15, 0.2) is 11.5 Å². The zero-order valence-electron chi connectivity index (χ0n) is 16.5. The van der Waals surface area contributed by atoms with Crippen molar-refractivity contribution < 1.29 is 24.4 Å². The van der Waals surface area contributed by atoms with Crippen LogP contribution in [0.4, 0.5) is 0 Å². The van der Waals surface area contributed by atoms with Crippen LogP contribution >= 0.6 is 0 Å². The number of phenolic OH excluding ortho intramolecular Hbond substituents is 1. The lowest BCUT2D eigenvalue weighted by molar-refractivity contribution is -1.02. The maximum Gasteiger partial charge on any atom is 0.231 e.